The van der Waals surface area contributed by atoms with Gasteiger partial charge in [0, 0.05) is 42.8 Å². The van der Waals surface area contributed by atoms with Crippen LogP contribution < -0.4 is 16.0 Å². The highest BCUT2D eigenvalue weighted by molar-refractivity contribution is 8.24. The van der Waals surface area contributed by atoms with Gasteiger partial charge in [0.25, 0.3) is 0 Å². The van der Waals surface area contributed by atoms with E-state index in [9.17, 15) is 14.2 Å². The van der Waals surface area contributed by atoms with E-state index < -0.39 is 10.6 Å². The van der Waals surface area contributed by atoms with Gasteiger partial charge in [0.15, 0.2) is 0 Å². The lowest BCUT2D eigenvalue weighted by Crippen LogP contribution is -2.32. The van der Waals surface area contributed by atoms with Crippen molar-refractivity contribution in [1.82, 2.24) is 4.98 Å². The van der Waals surface area contributed by atoms with E-state index in [0.29, 0.717) is 24.5 Å². The largest absolute Gasteiger partial charge is 0.395 e. The second kappa shape index (κ2) is 8.41. The molecule has 0 spiro atoms. The summed E-state index contributed by atoms with van der Waals surface area (Å²) in [5.41, 5.74) is 9.63. The molecule has 0 aliphatic carbocycles. The summed E-state index contributed by atoms with van der Waals surface area (Å²) in [6.45, 7) is 3.40. The molecular weight excluding hydrogens is 400 g/mol. The molecule has 30 heavy (non-hydrogen) atoms. The summed E-state index contributed by atoms with van der Waals surface area (Å²) < 4.78 is 21.3. The highest BCUT2D eigenvalue weighted by atomic mass is 32.3. The zero-order valence-corrected chi connectivity index (χ0v) is 17.8. The standard InChI is InChI=1S/C22H28N4O3S/c1-15-5-4-7-18-19(24-12-17(23)14-27)11-21(25-22(15)18)26-9-10-30(28,29)20-8-3-2-6-16(20)13-26/h2-8,11,17,27-29H,9-10,12-14,23H2,1H3,(H,24,25)/t17-/m1/s1. The molecule has 6 N–H and O–H groups in total. The molecule has 7 nitrogen and oxygen atoms in total. The number of hydrogen-bond donors (Lipinski definition) is 5. The molecule has 0 radical (unpaired) electrons. The lowest BCUT2D eigenvalue weighted by atomic mass is 10.1. The van der Waals surface area contributed by atoms with Gasteiger partial charge in [0.05, 0.1) is 22.8 Å². The van der Waals surface area contributed by atoms with E-state index in [4.69, 9.17) is 10.7 Å². The zero-order valence-electron chi connectivity index (χ0n) is 17.0. The van der Waals surface area contributed by atoms with Gasteiger partial charge in [-0.15, -0.1) is 0 Å². The van der Waals surface area contributed by atoms with E-state index in [1.165, 1.54) is 0 Å². The van der Waals surface area contributed by atoms with Crippen LogP contribution in [-0.4, -0.2) is 50.7 Å². The number of aliphatic hydroxyl groups excluding tert-OH is 1. The average molecular weight is 429 g/mol. The molecule has 1 atom stereocenters. The molecule has 0 saturated carbocycles. The molecule has 3 aromatic rings. The van der Waals surface area contributed by atoms with E-state index >= 15 is 0 Å². The summed E-state index contributed by atoms with van der Waals surface area (Å²) >= 11 is 0. The highest BCUT2D eigenvalue weighted by Crippen LogP contribution is 2.51. The number of nitrogens with one attached hydrogen (secondary N) is 1. The van der Waals surface area contributed by atoms with Crippen LogP contribution >= 0.6 is 10.6 Å². The van der Waals surface area contributed by atoms with Crippen molar-refractivity contribution in [2.24, 2.45) is 5.73 Å². The quantitative estimate of drug-likeness (QED) is 0.423. The van der Waals surface area contributed by atoms with Crippen LogP contribution in [0.3, 0.4) is 0 Å². The van der Waals surface area contributed by atoms with Gasteiger partial charge < -0.3 is 21.1 Å². The van der Waals surface area contributed by atoms with Crippen LogP contribution in [0.2, 0.25) is 0 Å². The summed E-state index contributed by atoms with van der Waals surface area (Å²) in [4.78, 5) is 7.63. The third-order valence-electron chi connectivity index (χ3n) is 5.47. The number of aromatic nitrogens is 1. The van der Waals surface area contributed by atoms with Gasteiger partial charge in [0.1, 0.15) is 5.82 Å². The van der Waals surface area contributed by atoms with Crippen LogP contribution in [0.1, 0.15) is 11.1 Å². The van der Waals surface area contributed by atoms with E-state index in [1.807, 2.05) is 49.4 Å². The highest BCUT2D eigenvalue weighted by Gasteiger charge is 2.26. The van der Waals surface area contributed by atoms with Crippen LogP contribution in [-0.2, 0) is 6.54 Å². The number of rotatable bonds is 5. The Kier molecular flexibility index (Phi) is 5.86. The number of pyridine rings is 1. The molecule has 1 aliphatic heterocycles. The molecule has 2 heterocycles. The van der Waals surface area contributed by atoms with Crippen LogP contribution in [0.25, 0.3) is 10.9 Å². The van der Waals surface area contributed by atoms with E-state index in [1.54, 1.807) is 6.07 Å². The number of nitrogens with zero attached hydrogens (tertiary/aromatic N) is 2. The zero-order chi connectivity index (χ0) is 21.3. The first kappa shape index (κ1) is 20.9. The van der Waals surface area contributed by atoms with Gasteiger partial charge >= 0.3 is 0 Å². The molecule has 1 aliphatic rings. The second-order valence-electron chi connectivity index (χ2n) is 7.72. The van der Waals surface area contributed by atoms with Crippen molar-refractivity contribution in [2.45, 2.75) is 24.4 Å². The maximum atomic E-state index is 10.7. The second-order valence-corrected chi connectivity index (χ2v) is 9.90. The van der Waals surface area contributed by atoms with Gasteiger partial charge in [-0.2, -0.15) is 10.6 Å². The molecule has 160 valence electrons. The van der Waals surface area contributed by atoms with Crippen LogP contribution in [0.15, 0.2) is 53.4 Å². The number of aryl methyl sites for hydroxylation is 1. The fourth-order valence-corrected chi connectivity index (χ4v) is 5.32. The lowest BCUT2D eigenvalue weighted by Gasteiger charge is -2.32. The molecular formula is C22H28N4O3S. The molecule has 1 aromatic heterocycles. The van der Waals surface area contributed by atoms with E-state index in [2.05, 4.69) is 10.2 Å². The van der Waals surface area contributed by atoms with Crippen molar-refractivity contribution >= 4 is 33.0 Å². The summed E-state index contributed by atoms with van der Waals surface area (Å²) in [6.07, 6.45) is 0. The number of para-hydroxylation sites is 1. The SMILES string of the molecule is Cc1cccc2c(NC[C@@H](N)CO)cc(N3CCS(O)(O)c4ccccc4C3)nc12. The fourth-order valence-electron chi connectivity index (χ4n) is 3.77. The molecule has 0 amide bonds. The van der Waals surface area contributed by atoms with Crippen molar-refractivity contribution in [3.05, 3.63) is 59.7 Å². The summed E-state index contributed by atoms with van der Waals surface area (Å²) in [5.74, 6) is 1.03. The number of aliphatic hydroxyl groups is 1. The minimum atomic E-state index is -2.83. The third kappa shape index (κ3) is 4.10. The Labute approximate surface area is 177 Å². The van der Waals surface area contributed by atoms with Crippen molar-refractivity contribution in [1.29, 1.82) is 0 Å². The summed E-state index contributed by atoms with van der Waals surface area (Å²) in [5, 5.41) is 13.6. The first-order chi connectivity index (χ1) is 14.4. The molecule has 4 rings (SSSR count). The Morgan fingerprint density at radius 1 is 1.20 bits per heavy atom. The molecule has 0 fully saturated rings. The predicted molar refractivity (Wildman–Crippen MR) is 124 cm³/mol. The number of anilines is 2. The fraction of sp³-hybridized carbons (Fsp3) is 0.318. The Balaban J connectivity index is 1.76. The van der Waals surface area contributed by atoms with Gasteiger partial charge in [0.2, 0.25) is 0 Å². The Hall–Kier alpha value is -2.36. The average Bonchev–Trinajstić information content (AvgIpc) is 2.88. The van der Waals surface area contributed by atoms with Crippen LogP contribution in [0.5, 0.6) is 0 Å². The maximum absolute atomic E-state index is 10.7. The summed E-state index contributed by atoms with van der Waals surface area (Å²) in [6, 6.07) is 15.1. The lowest BCUT2D eigenvalue weighted by molar-refractivity contribution is 0.270. The predicted octanol–water partition coefficient (Wildman–Crippen LogP) is 3.40. The number of benzene rings is 2. The molecule has 0 bridgehead atoms. The normalized spacial score (nSPS) is 17.8. The molecule has 8 heteroatoms. The third-order valence-corrected chi connectivity index (χ3v) is 7.33. The smallest absolute Gasteiger partial charge is 0.131 e. The monoisotopic (exact) mass is 428 g/mol. The van der Waals surface area contributed by atoms with Crippen molar-refractivity contribution < 1.29 is 14.2 Å². The molecule has 2 aromatic carbocycles. The molecule has 0 saturated heterocycles. The van der Waals surface area contributed by atoms with E-state index in [0.717, 1.165) is 33.5 Å². The van der Waals surface area contributed by atoms with E-state index in [-0.39, 0.29) is 18.4 Å². The minimum absolute atomic E-state index is 0.0946. The van der Waals surface area contributed by atoms with Crippen molar-refractivity contribution in [3.63, 3.8) is 0 Å². The van der Waals surface area contributed by atoms with Crippen molar-refractivity contribution in [2.75, 3.05) is 35.7 Å². The van der Waals surface area contributed by atoms with Gasteiger partial charge in [-0.3, -0.25) is 9.11 Å². The van der Waals surface area contributed by atoms with Crippen LogP contribution in [0, 0.1) is 6.92 Å². The number of hydrogen-bond acceptors (Lipinski definition) is 7. The minimum Gasteiger partial charge on any atom is -0.395 e. The number of fused-ring (bicyclic) bond motifs is 2. The Morgan fingerprint density at radius 3 is 2.80 bits per heavy atom. The summed E-state index contributed by atoms with van der Waals surface area (Å²) in [7, 11) is -2.83. The topological polar surface area (TPSA) is 115 Å². The first-order valence-electron chi connectivity index (χ1n) is 9.98. The number of nitrogens with two attached hydrogens (primary N) is 1. The van der Waals surface area contributed by atoms with Crippen LogP contribution in [0.4, 0.5) is 11.5 Å². The van der Waals surface area contributed by atoms with Gasteiger partial charge in [-0.25, -0.2) is 4.98 Å². The van der Waals surface area contributed by atoms with Gasteiger partial charge in [-0.05, 0) is 24.1 Å². The van der Waals surface area contributed by atoms with Crippen molar-refractivity contribution in [3.8, 4) is 0 Å². The Bertz CT molecular complexity index is 1060. The molecule has 0 unspecified atom stereocenters. The first-order valence-corrected chi connectivity index (χ1v) is 11.7. The Morgan fingerprint density at radius 2 is 2.00 bits per heavy atom. The van der Waals surface area contributed by atoms with Gasteiger partial charge in [-0.1, -0.05) is 36.4 Å². The maximum Gasteiger partial charge on any atom is 0.131 e.